The summed E-state index contributed by atoms with van der Waals surface area (Å²) in [6.07, 6.45) is 2.29. The van der Waals surface area contributed by atoms with Crippen molar-refractivity contribution in [3.05, 3.63) is 34.3 Å². The number of nitrogens with zero attached hydrogens (tertiary/aromatic N) is 2. The first-order valence-electron chi connectivity index (χ1n) is 5.81. The molecule has 2 aromatic rings. The molecule has 3 N–H and O–H groups in total. The van der Waals surface area contributed by atoms with Crippen LogP contribution in [0.5, 0.6) is 11.5 Å². The molecule has 1 aromatic heterocycles. The third kappa shape index (κ3) is 3.68. The Balaban J connectivity index is 1.87. The van der Waals surface area contributed by atoms with E-state index in [2.05, 4.69) is 36.4 Å². The Labute approximate surface area is 119 Å². The smallest absolute Gasteiger partial charge is 0.172 e. The van der Waals surface area contributed by atoms with E-state index in [0.29, 0.717) is 16.8 Å². The summed E-state index contributed by atoms with van der Waals surface area (Å²) >= 11 is 3.30. The van der Waals surface area contributed by atoms with Crippen LogP contribution in [0.25, 0.3) is 0 Å². The Morgan fingerprint density at radius 3 is 3.00 bits per heavy atom. The van der Waals surface area contributed by atoms with Crippen LogP contribution in [0, 0.1) is 0 Å². The van der Waals surface area contributed by atoms with Crippen LogP contribution in [0.3, 0.4) is 0 Å². The van der Waals surface area contributed by atoms with Gasteiger partial charge in [0, 0.05) is 19.5 Å². The second-order valence-corrected chi connectivity index (χ2v) is 4.84. The Hall–Kier alpha value is -1.60. The van der Waals surface area contributed by atoms with E-state index in [9.17, 15) is 5.11 Å². The van der Waals surface area contributed by atoms with Crippen LogP contribution in [0.1, 0.15) is 11.4 Å². The molecule has 0 atom stereocenters. The zero-order chi connectivity index (χ0) is 13.7. The van der Waals surface area contributed by atoms with Gasteiger partial charge in [0.1, 0.15) is 12.2 Å². The summed E-state index contributed by atoms with van der Waals surface area (Å²) in [6.45, 7) is 1.47. The lowest BCUT2D eigenvalue weighted by Crippen LogP contribution is -2.17. The van der Waals surface area contributed by atoms with Crippen molar-refractivity contribution < 1.29 is 9.84 Å². The minimum absolute atomic E-state index is 0.118. The SMILES string of the molecule is COc1cc(CNCCc2ncn[nH]2)cc(Br)c1O. The van der Waals surface area contributed by atoms with Crippen molar-refractivity contribution in [1.29, 1.82) is 0 Å². The molecule has 0 amide bonds. The molecule has 0 unspecified atom stereocenters. The van der Waals surface area contributed by atoms with Crippen LogP contribution in [0.4, 0.5) is 0 Å². The molecule has 1 heterocycles. The molecule has 0 spiro atoms. The first-order valence-corrected chi connectivity index (χ1v) is 6.60. The lowest BCUT2D eigenvalue weighted by Gasteiger charge is -2.09. The highest BCUT2D eigenvalue weighted by Gasteiger charge is 2.08. The molecule has 0 aliphatic carbocycles. The molecule has 2 rings (SSSR count). The highest BCUT2D eigenvalue weighted by Crippen LogP contribution is 2.35. The van der Waals surface area contributed by atoms with E-state index in [1.807, 2.05) is 12.1 Å². The van der Waals surface area contributed by atoms with Gasteiger partial charge in [0.15, 0.2) is 11.5 Å². The number of nitrogens with one attached hydrogen (secondary N) is 2. The van der Waals surface area contributed by atoms with Crippen LogP contribution >= 0.6 is 15.9 Å². The summed E-state index contributed by atoms with van der Waals surface area (Å²) in [6, 6.07) is 3.67. The van der Waals surface area contributed by atoms with E-state index in [1.165, 1.54) is 13.4 Å². The van der Waals surface area contributed by atoms with Crippen molar-refractivity contribution in [2.24, 2.45) is 0 Å². The summed E-state index contributed by atoms with van der Waals surface area (Å²) in [4.78, 5) is 4.05. The van der Waals surface area contributed by atoms with E-state index < -0.39 is 0 Å². The monoisotopic (exact) mass is 326 g/mol. The quantitative estimate of drug-likeness (QED) is 0.702. The van der Waals surface area contributed by atoms with Gasteiger partial charge >= 0.3 is 0 Å². The maximum atomic E-state index is 9.71. The Morgan fingerprint density at radius 1 is 1.47 bits per heavy atom. The number of ether oxygens (including phenoxy) is 1. The number of hydrogen-bond donors (Lipinski definition) is 3. The summed E-state index contributed by atoms with van der Waals surface area (Å²) in [5, 5.41) is 19.6. The molecule has 102 valence electrons. The summed E-state index contributed by atoms with van der Waals surface area (Å²) in [7, 11) is 1.53. The lowest BCUT2D eigenvalue weighted by atomic mass is 10.2. The van der Waals surface area contributed by atoms with Crippen LogP contribution in [0.2, 0.25) is 0 Å². The van der Waals surface area contributed by atoms with Crippen LogP contribution in [-0.4, -0.2) is 33.9 Å². The highest BCUT2D eigenvalue weighted by molar-refractivity contribution is 9.10. The highest BCUT2D eigenvalue weighted by atomic mass is 79.9. The van der Waals surface area contributed by atoms with Crippen molar-refractivity contribution in [2.75, 3.05) is 13.7 Å². The number of aromatic amines is 1. The number of aromatic nitrogens is 3. The normalized spacial score (nSPS) is 10.6. The molecule has 0 saturated heterocycles. The Bertz CT molecular complexity index is 531. The first-order chi connectivity index (χ1) is 9.20. The molecular weight excluding hydrogens is 312 g/mol. The number of phenolic OH excluding ortho intramolecular Hbond substituents is 1. The fourth-order valence-electron chi connectivity index (χ4n) is 1.68. The summed E-state index contributed by atoms with van der Waals surface area (Å²) < 4.78 is 5.72. The number of H-pyrrole nitrogens is 1. The maximum absolute atomic E-state index is 9.71. The van der Waals surface area contributed by atoms with Gasteiger partial charge in [-0.25, -0.2) is 4.98 Å². The average Bonchev–Trinajstić information content (AvgIpc) is 2.91. The molecule has 1 aromatic carbocycles. The van der Waals surface area contributed by atoms with Gasteiger partial charge in [-0.1, -0.05) is 0 Å². The average molecular weight is 327 g/mol. The molecule has 7 heteroatoms. The molecule has 0 radical (unpaired) electrons. The number of rotatable bonds is 6. The number of hydrogen-bond acceptors (Lipinski definition) is 5. The number of aromatic hydroxyl groups is 1. The van der Waals surface area contributed by atoms with E-state index in [4.69, 9.17) is 4.74 Å². The molecule has 0 saturated carbocycles. The van der Waals surface area contributed by atoms with Crippen LogP contribution in [0.15, 0.2) is 22.9 Å². The molecule has 6 nitrogen and oxygen atoms in total. The molecule has 19 heavy (non-hydrogen) atoms. The van der Waals surface area contributed by atoms with E-state index >= 15 is 0 Å². The molecule has 0 bridgehead atoms. The largest absolute Gasteiger partial charge is 0.503 e. The maximum Gasteiger partial charge on any atom is 0.172 e. The fraction of sp³-hybridized carbons (Fsp3) is 0.333. The van der Waals surface area contributed by atoms with Gasteiger partial charge in [-0.2, -0.15) is 5.10 Å². The predicted octanol–water partition coefficient (Wildman–Crippen LogP) is 1.61. The van der Waals surface area contributed by atoms with Crippen molar-refractivity contribution in [3.8, 4) is 11.5 Å². The third-order valence-corrected chi connectivity index (χ3v) is 3.25. The minimum Gasteiger partial charge on any atom is -0.503 e. The van der Waals surface area contributed by atoms with Gasteiger partial charge < -0.3 is 15.2 Å². The number of halogens is 1. The topological polar surface area (TPSA) is 83.1 Å². The van der Waals surface area contributed by atoms with Gasteiger partial charge in [0.05, 0.1) is 11.6 Å². The number of benzene rings is 1. The Morgan fingerprint density at radius 2 is 2.32 bits per heavy atom. The zero-order valence-electron chi connectivity index (χ0n) is 10.5. The second kappa shape index (κ2) is 6.53. The van der Waals surface area contributed by atoms with Crippen molar-refractivity contribution in [3.63, 3.8) is 0 Å². The van der Waals surface area contributed by atoms with Crippen LogP contribution < -0.4 is 10.1 Å². The van der Waals surface area contributed by atoms with Gasteiger partial charge in [-0.3, -0.25) is 5.10 Å². The van der Waals surface area contributed by atoms with Gasteiger partial charge in [-0.15, -0.1) is 0 Å². The zero-order valence-corrected chi connectivity index (χ0v) is 12.1. The summed E-state index contributed by atoms with van der Waals surface area (Å²) in [5.74, 6) is 1.44. The molecule has 0 aliphatic heterocycles. The molecule has 0 aliphatic rings. The van der Waals surface area contributed by atoms with Crippen molar-refractivity contribution in [1.82, 2.24) is 20.5 Å². The van der Waals surface area contributed by atoms with E-state index in [0.717, 1.165) is 24.4 Å². The minimum atomic E-state index is 0.118. The van der Waals surface area contributed by atoms with E-state index in [-0.39, 0.29) is 5.75 Å². The molecule has 0 fully saturated rings. The number of methoxy groups -OCH3 is 1. The lowest BCUT2D eigenvalue weighted by molar-refractivity contribution is 0.371. The standard InChI is InChI=1S/C12H15BrN4O2/c1-19-10-5-8(4-9(13)12(10)18)6-14-3-2-11-15-7-16-17-11/h4-5,7,14,18H,2-3,6H2,1H3,(H,15,16,17). The predicted molar refractivity (Wildman–Crippen MR) is 74.2 cm³/mol. The molecular formula is C12H15BrN4O2. The second-order valence-electron chi connectivity index (χ2n) is 3.99. The fourth-order valence-corrected chi connectivity index (χ4v) is 2.17. The van der Waals surface area contributed by atoms with Crippen LogP contribution in [-0.2, 0) is 13.0 Å². The van der Waals surface area contributed by atoms with Crippen molar-refractivity contribution >= 4 is 15.9 Å². The van der Waals surface area contributed by atoms with E-state index in [1.54, 1.807) is 0 Å². The third-order valence-electron chi connectivity index (χ3n) is 2.64. The van der Waals surface area contributed by atoms with Gasteiger partial charge in [-0.05, 0) is 33.6 Å². The van der Waals surface area contributed by atoms with Crippen molar-refractivity contribution in [2.45, 2.75) is 13.0 Å². The number of phenols is 1. The summed E-state index contributed by atoms with van der Waals surface area (Å²) in [5.41, 5.74) is 1.03. The van der Waals surface area contributed by atoms with Gasteiger partial charge in [0.25, 0.3) is 0 Å². The van der Waals surface area contributed by atoms with Gasteiger partial charge in [0.2, 0.25) is 0 Å². The first kappa shape index (κ1) is 13.8. The Kier molecular flexibility index (Phi) is 4.75.